The van der Waals surface area contributed by atoms with Crippen molar-refractivity contribution >= 4 is 11.6 Å². The molecule has 2 saturated carbocycles. The summed E-state index contributed by atoms with van der Waals surface area (Å²) in [6, 6.07) is 6.48. The van der Waals surface area contributed by atoms with Gasteiger partial charge in [-0.3, -0.25) is 4.79 Å². The van der Waals surface area contributed by atoms with Gasteiger partial charge in [0.25, 0.3) is 0 Å². The van der Waals surface area contributed by atoms with Gasteiger partial charge in [-0.25, -0.2) is 0 Å². The molecule has 3 N–H and O–H groups in total. The topological polar surface area (TPSA) is 69.6 Å². The summed E-state index contributed by atoms with van der Waals surface area (Å²) >= 11 is 0. The summed E-state index contributed by atoms with van der Waals surface area (Å²) in [6.07, 6.45) is 7.33. The molecule has 0 unspecified atom stereocenters. The SMILES string of the molecule is C=C1CC[C@@H]2C(C)(C)[C@H](O)CC[C@@]2(C)[C@@H]1CC/C(C)=C/C(=O)Nc1ccc(O)cc1. The van der Waals surface area contributed by atoms with Gasteiger partial charge >= 0.3 is 0 Å². The molecule has 30 heavy (non-hydrogen) atoms. The van der Waals surface area contributed by atoms with Crippen molar-refractivity contribution in [2.24, 2.45) is 22.7 Å². The molecule has 0 radical (unpaired) electrons. The molecule has 2 aliphatic rings. The molecule has 164 valence electrons. The number of aliphatic hydroxyl groups excluding tert-OH is 1. The van der Waals surface area contributed by atoms with E-state index >= 15 is 0 Å². The Hall–Kier alpha value is -2.07. The maximum atomic E-state index is 12.3. The molecule has 4 heteroatoms. The van der Waals surface area contributed by atoms with E-state index in [9.17, 15) is 15.0 Å². The first-order valence-electron chi connectivity index (χ1n) is 11.2. The van der Waals surface area contributed by atoms with Crippen molar-refractivity contribution in [3.05, 3.63) is 48.1 Å². The van der Waals surface area contributed by atoms with Gasteiger partial charge < -0.3 is 15.5 Å². The number of nitrogens with one attached hydrogen (secondary N) is 1. The summed E-state index contributed by atoms with van der Waals surface area (Å²) in [6.45, 7) is 13.3. The Labute approximate surface area is 181 Å². The Balaban J connectivity index is 1.65. The van der Waals surface area contributed by atoms with E-state index in [2.05, 4.69) is 32.7 Å². The molecule has 1 aromatic rings. The van der Waals surface area contributed by atoms with E-state index in [0.29, 0.717) is 17.5 Å². The summed E-state index contributed by atoms with van der Waals surface area (Å²) in [5, 5.41) is 22.8. The van der Waals surface area contributed by atoms with Crippen LogP contribution in [0.2, 0.25) is 0 Å². The molecule has 0 aliphatic heterocycles. The zero-order valence-electron chi connectivity index (χ0n) is 18.9. The molecule has 2 fully saturated rings. The highest BCUT2D eigenvalue weighted by atomic mass is 16.3. The minimum Gasteiger partial charge on any atom is -0.508 e. The van der Waals surface area contributed by atoms with Gasteiger partial charge in [0, 0.05) is 11.8 Å². The van der Waals surface area contributed by atoms with Gasteiger partial charge in [-0.1, -0.05) is 38.5 Å². The fraction of sp³-hybridized carbons (Fsp3) is 0.577. The minimum atomic E-state index is -0.229. The second-order valence-corrected chi connectivity index (χ2v) is 10.2. The van der Waals surface area contributed by atoms with Crippen LogP contribution in [0.4, 0.5) is 5.69 Å². The number of phenols is 1. The zero-order valence-corrected chi connectivity index (χ0v) is 18.9. The molecule has 4 nitrogen and oxygen atoms in total. The molecule has 0 heterocycles. The standard InChI is InChI=1S/C26H37NO3/c1-17(16-24(30)27-19-8-10-20(28)11-9-19)6-12-21-18(2)7-13-22-25(3,4)23(29)14-15-26(21,22)5/h8-11,16,21-23,28-29H,2,6-7,12-15H2,1,3-5H3,(H,27,30)/b17-16+/t21-,22-,23-,26+/m1/s1. The molecule has 0 aromatic heterocycles. The third kappa shape index (κ3) is 4.49. The lowest BCUT2D eigenvalue weighted by molar-refractivity contribution is -0.124. The van der Waals surface area contributed by atoms with Gasteiger partial charge in [0.15, 0.2) is 0 Å². The van der Waals surface area contributed by atoms with Crippen LogP contribution in [0.5, 0.6) is 5.75 Å². The molecule has 4 atom stereocenters. The van der Waals surface area contributed by atoms with E-state index in [1.807, 2.05) is 6.92 Å². The van der Waals surface area contributed by atoms with Crippen molar-refractivity contribution in [3.63, 3.8) is 0 Å². The highest BCUT2D eigenvalue weighted by Crippen LogP contribution is 2.61. The van der Waals surface area contributed by atoms with Crippen LogP contribution < -0.4 is 5.32 Å². The number of anilines is 1. The number of fused-ring (bicyclic) bond motifs is 1. The molecule has 3 rings (SSSR count). The lowest BCUT2D eigenvalue weighted by Crippen LogP contribution is -2.54. The van der Waals surface area contributed by atoms with Crippen molar-refractivity contribution in [3.8, 4) is 5.75 Å². The van der Waals surface area contributed by atoms with Crippen LogP contribution in [-0.2, 0) is 4.79 Å². The van der Waals surface area contributed by atoms with Crippen molar-refractivity contribution < 1.29 is 15.0 Å². The molecule has 0 bridgehead atoms. The molecular weight excluding hydrogens is 374 g/mol. The molecule has 1 aromatic carbocycles. The maximum absolute atomic E-state index is 12.3. The number of phenolic OH excluding ortho intramolecular Hbond substituents is 1. The summed E-state index contributed by atoms with van der Waals surface area (Å²) in [5.74, 6) is 0.946. The Bertz CT molecular complexity index is 823. The molecule has 1 amide bonds. The second-order valence-electron chi connectivity index (χ2n) is 10.2. The lowest BCUT2D eigenvalue weighted by atomic mass is 9.46. The first-order valence-corrected chi connectivity index (χ1v) is 11.2. The van der Waals surface area contributed by atoms with E-state index in [1.54, 1.807) is 30.3 Å². The first-order chi connectivity index (χ1) is 14.0. The van der Waals surface area contributed by atoms with Gasteiger partial charge in [-0.15, -0.1) is 0 Å². The third-order valence-electron chi connectivity index (χ3n) is 7.89. The van der Waals surface area contributed by atoms with E-state index in [1.165, 1.54) is 5.57 Å². The van der Waals surface area contributed by atoms with Gasteiger partial charge in [-0.05, 0) is 92.4 Å². The van der Waals surface area contributed by atoms with Gasteiger partial charge in [0.05, 0.1) is 6.10 Å². The fourth-order valence-electron chi connectivity index (χ4n) is 6.09. The molecule has 0 saturated heterocycles. The van der Waals surface area contributed by atoms with Gasteiger partial charge in [0.1, 0.15) is 5.75 Å². The minimum absolute atomic E-state index is 0.0686. The second kappa shape index (κ2) is 8.58. The van der Waals surface area contributed by atoms with Crippen molar-refractivity contribution in [1.82, 2.24) is 0 Å². The van der Waals surface area contributed by atoms with E-state index < -0.39 is 0 Å². The number of aliphatic hydroxyl groups is 1. The van der Waals surface area contributed by atoms with E-state index in [4.69, 9.17) is 0 Å². The number of aromatic hydroxyl groups is 1. The number of hydrogen-bond donors (Lipinski definition) is 3. The number of allylic oxidation sites excluding steroid dienone is 2. The van der Waals surface area contributed by atoms with Crippen LogP contribution in [0, 0.1) is 22.7 Å². The average Bonchev–Trinajstić information content (AvgIpc) is 2.66. The lowest BCUT2D eigenvalue weighted by Gasteiger charge is -2.59. The largest absolute Gasteiger partial charge is 0.508 e. The predicted octanol–water partition coefficient (Wildman–Crippen LogP) is 5.83. The first kappa shape index (κ1) is 22.6. The van der Waals surface area contributed by atoms with Crippen molar-refractivity contribution in [2.45, 2.75) is 72.3 Å². The predicted molar refractivity (Wildman–Crippen MR) is 122 cm³/mol. The number of carbonyl (C=O) groups excluding carboxylic acids is 1. The number of rotatable bonds is 5. The Kier molecular flexibility index (Phi) is 6.47. The molecule has 0 spiro atoms. The summed E-state index contributed by atoms with van der Waals surface area (Å²) < 4.78 is 0. The van der Waals surface area contributed by atoms with E-state index in [0.717, 1.165) is 44.1 Å². The van der Waals surface area contributed by atoms with Crippen LogP contribution in [0.1, 0.15) is 66.2 Å². The van der Waals surface area contributed by atoms with Crippen molar-refractivity contribution in [1.29, 1.82) is 0 Å². The summed E-state index contributed by atoms with van der Waals surface area (Å²) in [7, 11) is 0. The maximum Gasteiger partial charge on any atom is 0.248 e. The highest BCUT2D eigenvalue weighted by molar-refractivity contribution is 5.99. The number of amides is 1. The van der Waals surface area contributed by atoms with E-state index in [-0.39, 0.29) is 28.6 Å². The Morgan fingerprint density at radius 3 is 2.57 bits per heavy atom. The summed E-state index contributed by atoms with van der Waals surface area (Å²) in [5.41, 5.74) is 3.15. The Morgan fingerprint density at radius 2 is 1.90 bits per heavy atom. The summed E-state index contributed by atoms with van der Waals surface area (Å²) in [4.78, 5) is 12.3. The van der Waals surface area contributed by atoms with Crippen LogP contribution in [0.25, 0.3) is 0 Å². The van der Waals surface area contributed by atoms with Gasteiger partial charge in [0.2, 0.25) is 5.91 Å². The zero-order chi connectivity index (χ0) is 22.1. The number of carbonyl (C=O) groups is 1. The number of benzene rings is 1. The van der Waals surface area contributed by atoms with Crippen molar-refractivity contribution in [2.75, 3.05) is 5.32 Å². The highest BCUT2D eigenvalue weighted by Gasteiger charge is 2.55. The van der Waals surface area contributed by atoms with Crippen LogP contribution in [0.3, 0.4) is 0 Å². The normalized spacial score (nSPS) is 31.2. The van der Waals surface area contributed by atoms with Crippen LogP contribution in [-0.4, -0.2) is 22.2 Å². The van der Waals surface area contributed by atoms with Crippen LogP contribution in [0.15, 0.2) is 48.1 Å². The number of hydrogen-bond acceptors (Lipinski definition) is 3. The quantitative estimate of drug-likeness (QED) is 0.324. The third-order valence-corrected chi connectivity index (χ3v) is 7.89. The Morgan fingerprint density at radius 1 is 1.23 bits per heavy atom. The fourth-order valence-corrected chi connectivity index (χ4v) is 6.09. The monoisotopic (exact) mass is 411 g/mol. The smallest absolute Gasteiger partial charge is 0.248 e. The van der Waals surface area contributed by atoms with Gasteiger partial charge in [-0.2, -0.15) is 0 Å². The molecule has 2 aliphatic carbocycles. The molecular formula is C26H37NO3. The van der Waals surface area contributed by atoms with Crippen LogP contribution >= 0.6 is 0 Å². The average molecular weight is 412 g/mol.